The summed E-state index contributed by atoms with van der Waals surface area (Å²) in [5.74, 6) is 1.54. The normalized spacial score (nSPS) is 14.6. The van der Waals surface area contributed by atoms with E-state index in [0.29, 0.717) is 11.5 Å². The zero-order valence-electron chi connectivity index (χ0n) is 15.3. The molecule has 1 aromatic heterocycles. The lowest BCUT2D eigenvalue weighted by Crippen LogP contribution is -2.32. The van der Waals surface area contributed by atoms with Gasteiger partial charge in [-0.05, 0) is 37.0 Å². The number of aromatic nitrogens is 2. The molecule has 0 spiro atoms. The van der Waals surface area contributed by atoms with E-state index in [4.69, 9.17) is 4.74 Å². The Hall–Kier alpha value is -2.63. The Kier molecular flexibility index (Phi) is 6.41. The smallest absolute Gasteiger partial charge is 0.272 e. The number of amides is 1. The number of carbonyl (C=O) groups excluding carboxylic acids is 1. The van der Waals surface area contributed by atoms with E-state index >= 15 is 0 Å². The summed E-state index contributed by atoms with van der Waals surface area (Å²) >= 11 is 0. The number of methoxy groups -OCH3 is 1. The fourth-order valence-electron chi connectivity index (χ4n) is 3.17. The van der Waals surface area contributed by atoms with Gasteiger partial charge in [-0.25, -0.2) is 9.97 Å². The van der Waals surface area contributed by atoms with Gasteiger partial charge in [0.15, 0.2) is 0 Å². The topological polar surface area (TPSA) is 67.3 Å². The Balaban J connectivity index is 1.57. The van der Waals surface area contributed by atoms with Gasteiger partial charge in [0.1, 0.15) is 23.6 Å². The van der Waals surface area contributed by atoms with Gasteiger partial charge in [-0.3, -0.25) is 4.79 Å². The number of anilines is 1. The number of ether oxygens (including phenoxy) is 1. The second-order valence-electron chi connectivity index (χ2n) is 6.52. The lowest BCUT2D eigenvalue weighted by Gasteiger charge is -2.19. The van der Waals surface area contributed by atoms with E-state index in [0.717, 1.165) is 44.6 Å². The molecule has 6 heteroatoms. The lowest BCUT2D eigenvalue weighted by molar-refractivity contribution is 0.0755. The number of rotatable bonds is 6. The van der Waals surface area contributed by atoms with Crippen LogP contribution in [0.25, 0.3) is 0 Å². The Morgan fingerprint density at radius 2 is 1.96 bits per heavy atom. The minimum Gasteiger partial charge on any atom is -0.497 e. The van der Waals surface area contributed by atoms with Crippen LogP contribution in [0.5, 0.6) is 5.75 Å². The van der Waals surface area contributed by atoms with E-state index in [-0.39, 0.29) is 5.91 Å². The summed E-state index contributed by atoms with van der Waals surface area (Å²) in [6.45, 7) is 2.37. The molecule has 0 bridgehead atoms. The van der Waals surface area contributed by atoms with E-state index in [1.807, 2.05) is 23.1 Å². The van der Waals surface area contributed by atoms with Gasteiger partial charge in [-0.2, -0.15) is 0 Å². The quantitative estimate of drug-likeness (QED) is 0.863. The first-order chi connectivity index (χ1) is 12.8. The van der Waals surface area contributed by atoms with Crippen LogP contribution in [-0.2, 0) is 6.42 Å². The van der Waals surface area contributed by atoms with Crippen LogP contribution >= 0.6 is 0 Å². The van der Waals surface area contributed by atoms with Crippen molar-refractivity contribution < 1.29 is 9.53 Å². The molecule has 1 aliphatic rings. The Morgan fingerprint density at radius 3 is 2.73 bits per heavy atom. The molecule has 2 heterocycles. The molecule has 3 rings (SSSR count). The van der Waals surface area contributed by atoms with Crippen LogP contribution in [0.15, 0.2) is 36.7 Å². The first kappa shape index (κ1) is 18.2. The number of likely N-dealkylation sites (tertiary alicyclic amines) is 1. The minimum absolute atomic E-state index is 0.00476. The molecule has 6 nitrogen and oxygen atoms in total. The van der Waals surface area contributed by atoms with Crippen molar-refractivity contribution in [1.29, 1.82) is 0 Å². The van der Waals surface area contributed by atoms with Crippen LogP contribution in [0.2, 0.25) is 0 Å². The fraction of sp³-hybridized carbons (Fsp3) is 0.450. The summed E-state index contributed by atoms with van der Waals surface area (Å²) in [7, 11) is 1.67. The van der Waals surface area contributed by atoms with Gasteiger partial charge < -0.3 is 15.0 Å². The van der Waals surface area contributed by atoms with Crippen molar-refractivity contribution in [3.8, 4) is 5.75 Å². The van der Waals surface area contributed by atoms with Gasteiger partial charge in [0.25, 0.3) is 5.91 Å². The summed E-state index contributed by atoms with van der Waals surface area (Å²) in [4.78, 5) is 23.0. The zero-order valence-corrected chi connectivity index (χ0v) is 15.3. The molecule has 1 saturated heterocycles. The number of nitrogens with one attached hydrogen (secondary N) is 1. The number of hydrogen-bond donors (Lipinski definition) is 1. The van der Waals surface area contributed by atoms with Gasteiger partial charge in [0.05, 0.1) is 7.11 Å². The maximum Gasteiger partial charge on any atom is 0.272 e. The van der Waals surface area contributed by atoms with Gasteiger partial charge in [0.2, 0.25) is 0 Å². The van der Waals surface area contributed by atoms with Crippen LogP contribution in [0.3, 0.4) is 0 Å². The molecule has 138 valence electrons. The molecule has 0 radical (unpaired) electrons. The largest absolute Gasteiger partial charge is 0.497 e. The molecule has 0 unspecified atom stereocenters. The summed E-state index contributed by atoms with van der Waals surface area (Å²) < 4.78 is 5.24. The second-order valence-corrected chi connectivity index (χ2v) is 6.52. The SMILES string of the molecule is COc1cccc(CCNc2cc(C(=O)N3CCCCCC3)ncn2)c1. The van der Waals surface area contributed by atoms with Gasteiger partial charge in [0, 0.05) is 25.7 Å². The molecule has 0 aliphatic carbocycles. The highest BCUT2D eigenvalue weighted by Gasteiger charge is 2.18. The highest BCUT2D eigenvalue weighted by atomic mass is 16.5. The Bertz CT molecular complexity index is 727. The predicted octanol–water partition coefficient (Wildman–Crippen LogP) is 3.16. The van der Waals surface area contributed by atoms with Crippen LogP contribution in [-0.4, -0.2) is 47.5 Å². The third kappa shape index (κ3) is 4.94. The molecule has 1 N–H and O–H groups in total. The van der Waals surface area contributed by atoms with E-state index in [9.17, 15) is 4.79 Å². The van der Waals surface area contributed by atoms with E-state index in [1.165, 1.54) is 24.7 Å². The summed E-state index contributed by atoms with van der Waals surface area (Å²) in [5.41, 5.74) is 1.65. The van der Waals surface area contributed by atoms with Crippen LogP contribution in [0, 0.1) is 0 Å². The summed E-state index contributed by atoms with van der Waals surface area (Å²) in [5, 5.41) is 3.28. The molecule has 26 heavy (non-hydrogen) atoms. The van der Waals surface area contributed by atoms with E-state index < -0.39 is 0 Å². The maximum absolute atomic E-state index is 12.7. The van der Waals surface area contributed by atoms with Crippen molar-refractivity contribution in [2.75, 3.05) is 32.1 Å². The van der Waals surface area contributed by atoms with Crippen molar-refractivity contribution >= 4 is 11.7 Å². The lowest BCUT2D eigenvalue weighted by atomic mass is 10.1. The third-order valence-corrected chi connectivity index (χ3v) is 4.63. The van der Waals surface area contributed by atoms with Crippen molar-refractivity contribution in [3.63, 3.8) is 0 Å². The van der Waals surface area contributed by atoms with Crippen LogP contribution < -0.4 is 10.1 Å². The fourth-order valence-corrected chi connectivity index (χ4v) is 3.17. The monoisotopic (exact) mass is 354 g/mol. The number of carbonyl (C=O) groups is 1. The number of benzene rings is 1. The summed E-state index contributed by atoms with van der Waals surface area (Å²) in [6.07, 6.45) is 6.84. The summed E-state index contributed by atoms with van der Waals surface area (Å²) in [6, 6.07) is 9.76. The molecule has 0 atom stereocenters. The van der Waals surface area contributed by atoms with Gasteiger partial charge >= 0.3 is 0 Å². The molecule has 1 fully saturated rings. The molecule has 2 aromatic rings. The molecule has 1 aromatic carbocycles. The van der Waals surface area contributed by atoms with E-state index in [2.05, 4.69) is 21.4 Å². The van der Waals surface area contributed by atoms with Crippen molar-refractivity contribution in [1.82, 2.24) is 14.9 Å². The first-order valence-electron chi connectivity index (χ1n) is 9.24. The number of nitrogens with zero attached hydrogens (tertiary/aromatic N) is 3. The van der Waals surface area contributed by atoms with Crippen LogP contribution in [0.4, 0.5) is 5.82 Å². The molecular weight excluding hydrogens is 328 g/mol. The average molecular weight is 354 g/mol. The van der Waals surface area contributed by atoms with Gasteiger partial charge in [-0.1, -0.05) is 25.0 Å². The highest BCUT2D eigenvalue weighted by molar-refractivity contribution is 5.92. The highest BCUT2D eigenvalue weighted by Crippen LogP contribution is 2.15. The second kappa shape index (κ2) is 9.17. The Morgan fingerprint density at radius 1 is 1.15 bits per heavy atom. The molecular formula is C20H26N4O2. The van der Waals surface area contributed by atoms with Crippen LogP contribution in [0.1, 0.15) is 41.7 Å². The molecule has 1 amide bonds. The van der Waals surface area contributed by atoms with Crippen molar-refractivity contribution in [2.45, 2.75) is 32.1 Å². The minimum atomic E-state index is 0.00476. The molecule has 1 aliphatic heterocycles. The van der Waals surface area contributed by atoms with Crippen molar-refractivity contribution in [3.05, 3.63) is 47.9 Å². The standard InChI is InChI=1S/C20H26N4O2/c1-26-17-8-6-7-16(13-17)9-10-21-19-14-18(22-15-23-19)20(25)24-11-4-2-3-5-12-24/h6-8,13-15H,2-5,9-12H2,1H3,(H,21,22,23). The molecule has 0 saturated carbocycles. The Labute approximate surface area is 154 Å². The van der Waals surface area contributed by atoms with Crippen molar-refractivity contribution in [2.24, 2.45) is 0 Å². The van der Waals surface area contributed by atoms with E-state index in [1.54, 1.807) is 13.2 Å². The third-order valence-electron chi connectivity index (χ3n) is 4.63. The maximum atomic E-state index is 12.7. The van der Waals surface area contributed by atoms with Gasteiger partial charge in [-0.15, -0.1) is 0 Å². The zero-order chi connectivity index (χ0) is 18.2. The average Bonchev–Trinajstić information content (AvgIpc) is 2.97. The predicted molar refractivity (Wildman–Crippen MR) is 102 cm³/mol. The number of hydrogen-bond acceptors (Lipinski definition) is 5. The first-order valence-corrected chi connectivity index (χ1v) is 9.24.